The van der Waals surface area contributed by atoms with Gasteiger partial charge in [0.2, 0.25) is 0 Å². The summed E-state index contributed by atoms with van der Waals surface area (Å²) < 4.78 is 21.4. The number of rotatable bonds is 2. The number of fused-ring (bicyclic) bond motifs is 1. The molecular formula is C19H27NO4. The van der Waals surface area contributed by atoms with Crippen LogP contribution in [0.5, 0.6) is 11.5 Å². The molecule has 2 unspecified atom stereocenters. The second-order valence-corrected chi connectivity index (χ2v) is 6.43. The second kappa shape index (κ2) is 7.55. The van der Waals surface area contributed by atoms with Gasteiger partial charge in [0.25, 0.3) is 0 Å². The molecule has 2 atom stereocenters. The summed E-state index contributed by atoms with van der Waals surface area (Å²) >= 11 is 0. The van der Waals surface area contributed by atoms with Gasteiger partial charge < -0.3 is 23.8 Å². The van der Waals surface area contributed by atoms with E-state index in [1.165, 1.54) is 13.0 Å². The monoisotopic (exact) mass is 333 g/mol. The molecule has 1 aromatic carbocycles. The fourth-order valence-corrected chi connectivity index (χ4v) is 3.67. The Balaban J connectivity index is 0.000000150. The number of hydrogen-bond acceptors (Lipinski definition) is 5. The SMILES string of the molecule is CN1CCC2C=CC3(CC21)OCCO3.COc1ccccc1OC. The first-order valence-electron chi connectivity index (χ1n) is 8.52. The molecule has 0 amide bonds. The van der Waals surface area contributed by atoms with Gasteiger partial charge in [-0.2, -0.15) is 0 Å². The van der Waals surface area contributed by atoms with E-state index in [-0.39, 0.29) is 5.79 Å². The van der Waals surface area contributed by atoms with Crippen molar-refractivity contribution in [3.05, 3.63) is 36.4 Å². The Hall–Kier alpha value is -1.56. The van der Waals surface area contributed by atoms with Gasteiger partial charge in [0.1, 0.15) is 0 Å². The molecule has 1 aliphatic carbocycles. The van der Waals surface area contributed by atoms with Crippen molar-refractivity contribution >= 4 is 0 Å². The maximum absolute atomic E-state index is 5.70. The Labute approximate surface area is 144 Å². The molecule has 0 radical (unpaired) electrons. The summed E-state index contributed by atoms with van der Waals surface area (Å²) in [5.41, 5.74) is 0. The third-order valence-corrected chi connectivity index (χ3v) is 5.03. The summed E-state index contributed by atoms with van der Waals surface area (Å²) in [6.07, 6.45) is 6.72. The Kier molecular flexibility index (Phi) is 5.43. The van der Waals surface area contributed by atoms with Gasteiger partial charge in [0, 0.05) is 12.5 Å². The smallest absolute Gasteiger partial charge is 0.189 e. The van der Waals surface area contributed by atoms with Crippen LogP contribution in [0.1, 0.15) is 12.8 Å². The maximum atomic E-state index is 5.70. The molecule has 1 aromatic rings. The molecule has 0 N–H and O–H groups in total. The van der Waals surface area contributed by atoms with Crippen LogP contribution in [0.2, 0.25) is 0 Å². The topological polar surface area (TPSA) is 40.2 Å². The van der Waals surface area contributed by atoms with Gasteiger partial charge >= 0.3 is 0 Å². The molecule has 3 aliphatic rings. The van der Waals surface area contributed by atoms with Crippen molar-refractivity contribution in [3.63, 3.8) is 0 Å². The van der Waals surface area contributed by atoms with Crippen molar-refractivity contribution in [3.8, 4) is 11.5 Å². The van der Waals surface area contributed by atoms with E-state index in [2.05, 4.69) is 24.1 Å². The van der Waals surface area contributed by atoms with Crippen molar-refractivity contribution in [1.82, 2.24) is 4.90 Å². The van der Waals surface area contributed by atoms with Gasteiger partial charge in [0.05, 0.1) is 27.4 Å². The van der Waals surface area contributed by atoms with E-state index in [4.69, 9.17) is 18.9 Å². The van der Waals surface area contributed by atoms with E-state index in [1.807, 2.05) is 24.3 Å². The zero-order chi connectivity index (χ0) is 17.0. The van der Waals surface area contributed by atoms with Crippen LogP contribution in [0.15, 0.2) is 36.4 Å². The van der Waals surface area contributed by atoms with Gasteiger partial charge in [-0.15, -0.1) is 0 Å². The molecule has 132 valence electrons. The zero-order valence-corrected chi connectivity index (χ0v) is 14.7. The van der Waals surface area contributed by atoms with Crippen LogP contribution in [-0.2, 0) is 9.47 Å². The molecule has 4 rings (SSSR count). The maximum Gasteiger partial charge on any atom is 0.189 e. The molecule has 24 heavy (non-hydrogen) atoms. The van der Waals surface area contributed by atoms with Crippen LogP contribution in [-0.4, -0.2) is 57.8 Å². The lowest BCUT2D eigenvalue weighted by Crippen LogP contribution is -2.42. The number of hydrogen-bond donors (Lipinski definition) is 0. The summed E-state index contributed by atoms with van der Waals surface area (Å²) in [5.74, 6) is 1.88. The molecule has 5 heteroatoms. The molecule has 2 heterocycles. The van der Waals surface area contributed by atoms with Crippen LogP contribution in [0.25, 0.3) is 0 Å². The number of para-hydroxylation sites is 2. The number of likely N-dealkylation sites (tertiary alicyclic amines) is 1. The van der Waals surface area contributed by atoms with Crippen LogP contribution in [0.3, 0.4) is 0 Å². The Morgan fingerprint density at radius 2 is 1.71 bits per heavy atom. The van der Waals surface area contributed by atoms with Crippen molar-refractivity contribution < 1.29 is 18.9 Å². The van der Waals surface area contributed by atoms with E-state index in [9.17, 15) is 0 Å². The molecule has 0 saturated carbocycles. The second-order valence-electron chi connectivity index (χ2n) is 6.43. The van der Waals surface area contributed by atoms with E-state index >= 15 is 0 Å². The largest absolute Gasteiger partial charge is 0.493 e. The highest BCUT2D eigenvalue weighted by atomic mass is 16.7. The Morgan fingerprint density at radius 1 is 1.08 bits per heavy atom. The summed E-state index contributed by atoms with van der Waals surface area (Å²) in [5, 5.41) is 0. The third kappa shape index (κ3) is 3.58. The minimum atomic E-state index is -0.375. The number of nitrogens with zero attached hydrogens (tertiary/aromatic N) is 1. The van der Waals surface area contributed by atoms with Gasteiger partial charge in [0.15, 0.2) is 17.3 Å². The zero-order valence-electron chi connectivity index (χ0n) is 14.7. The number of methoxy groups -OCH3 is 2. The van der Waals surface area contributed by atoms with Crippen molar-refractivity contribution in [2.75, 3.05) is 41.0 Å². The average molecular weight is 333 g/mol. The molecule has 0 bridgehead atoms. The predicted molar refractivity (Wildman–Crippen MR) is 92.5 cm³/mol. The average Bonchev–Trinajstić information content (AvgIpc) is 3.23. The van der Waals surface area contributed by atoms with E-state index in [0.29, 0.717) is 6.04 Å². The third-order valence-electron chi connectivity index (χ3n) is 5.03. The summed E-state index contributed by atoms with van der Waals surface area (Å²) in [4.78, 5) is 2.43. The van der Waals surface area contributed by atoms with Crippen molar-refractivity contribution in [2.24, 2.45) is 5.92 Å². The summed E-state index contributed by atoms with van der Waals surface area (Å²) in [7, 11) is 5.45. The van der Waals surface area contributed by atoms with E-state index in [1.54, 1.807) is 14.2 Å². The van der Waals surface area contributed by atoms with Gasteiger partial charge in [-0.3, -0.25) is 0 Å². The lowest BCUT2D eigenvalue weighted by Gasteiger charge is -2.35. The predicted octanol–water partition coefficient (Wildman–Crippen LogP) is 2.71. The van der Waals surface area contributed by atoms with Crippen LogP contribution in [0.4, 0.5) is 0 Å². The van der Waals surface area contributed by atoms with Crippen LogP contribution in [0, 0.1) is 5.92 Å². The highest BCUT2D eigenvalue weighted by Gasteiger charge is 2.44. The molecule has 1 spiro atoms. The number of ether oxygens (including phenoxy) is 4. The minimum absolute atomic E-state index is 0.375. The minimum Gasteiger partial charge on any atom is -0.493 e. The van der Waals surface area contributed by atoms with Crippen molar-refractivity contribution in [1.29, 1.82) is 0 Å². The summed E-state index contributed by atoms with van der Waals surface area (Å²) in [6, 6.07) is 8.15. The molecule has 2 fully saturated rings. The fraction of sp³-hybridized carbons (Fsp3) is 0.579. The quantitative estimate of drug-likeness (QED) is 0.778. The molecule has 2 saturated heterocycles. The van der Waals surface area contributed by atoms with E-state index < -0.39 is 0 Å². The van der Waals surface area contributed by atoms with Gasteiger partial charge in [-0.25, -0.2) is 0 Å². The molecule has 2 aliphatic heterocycles. The first kappa shape index (κ1) is 17.3. The van der Waals surface area contributed by atoms with Crippen LogP contribution >= 0.6 is 0 Å². The highest BCUT2D eigenvalue weighted by molar-refractivity contribution is 5.39. The lowest BCUT2D eigenvalue weighted by molar-refractivity contribution is -0.136. The molecule has 0 aromatic heterocycles. The Bertz CT molecular complexity index is 545. The highest BCUT2D eigenvalue weighted by Crippen LogP contribution is 2.39. The normalized spacial score (nSPS) is 27.5. The fourth-order valence-electron chi connectivity index (χ4n) is 3.67. The van der Waals surface area contributed by atoms with Gasteiger partial charge in [-0.05, 0) is 44.1 Å². The number of benzene rings is 1. The first-order valence-corrected chi connectivity index (χ1v) is 8.52. The Morgan fingerprint density at radius 3 is 2.29 bits per heavy atom. The first-order chi connectivity index (χ1) is 11.7. The van der Waals surface area contributed by atoms with Gasteiger partial charge in [-0.1, -0.05) is 18.2 Å². The summed E-state index contributed by atoms with van der Waals surface area (Å²) in [6.45, 7) is 2.69. The molecule has 5 nitrogen and oxygen atoms in total. The van der Waals surface area contributed by atoms with Crippen LogP contribution < -0.4 is 9.47 Å². The lowest BCUT2D eigenvalue weighted by atomic mass is 9.87. The van der Waals surface area contributed by atoms with E-state index in [0.717, 1.165) is 37.1 Å². The standard InChI is InChI=1S/C11H17NO2.C8H10O2/c1-12-5-3-9-2-4-11(8-10(9)12)13-6-7-14-11;1-9-7-5-3-4-6-8(7)10-2/h2,4,9-10H,3,5-8H2,1H3;3-6H,1-2H3. The molecular weight excluding hydrogens is 306 g/mol. The van der Waals surface area contributed by atoms with Crippen molar-refractivity contribution in [2.45, 2.75) is 24.7 Å².